The van der Waals surface area contributed by atoms with Crippen molar-refractivity contribution in [3.63, 3.8) is 0 Å². The highest BCUT2D eigenvalue weighted by atomic mass is 16.5. The Labute approximate surface area is 153 Å². The van der Waals surface area contributed by atoms with Crippen LogP contribution in [0, 0.1) is 13.8 Å². The van der Waals surface area contributed by atoms with Crippen LogP contribution in [0.5, 0.6) is 5.75 Å². The first-order valence-electron chi connectivity index (χ1n) is 9.30. The van der Waals surface area contributed by atoms with Gasteiger partial charge >= 0.3 is 0 Å². The van der Waals surface area contributed by atoms with Crippen molar-refractivity contribution in [1.82, 2.24) is 15.0 Å². The number of carbonyl (C=O) groups is 1. The highest BCUT2D eigenvalue weighted by Crippen LogP contribution is 2.24. The van der Waals surface area contributed by atoms with E-state index < -0.39 is 0 Å². The second-order valence-electron chi connectivity index (χ2n) is 7.25. The molecule has 1 atom stereocenters. The van der Waals surface area contributed by atoms with Crippen LogP contribution in [0.4, 0.5) is 0 Å². The molecule has 26 heavy (non-hydrogen) atoms. The van der Waals surface area contributed by atoms with Crippen molar-refractivity contribution in [2.45, 2.75) is 39.3 Å². The number of rotatable bonds is 4. The Kier molecular flexibility index (Phi) is 4.68. The van der Waals surface area contributed by atoms with Gasteiger partial charge in [-0.3, -0.25) is 9.69 Å². The molecule has 0 bridgehead atoms. The maximum Gasteiger partial charge on any atom is 0.276 e. The van der Waals surface area contributed by atoms with Crippen LogP contribution in [0.1, 0.15) is 40.2 Å². The SMILES string of the molecule is Cc1cccc(OCc2c(C(=O)N3CCN4CCCC4C3)noc2C)c1. The summed E-state index contributed by atoms with van der Waals surface area (Å²) in [4.78, 5) is 17.4. The molecule has 2 aliphatic heterocycles. The Morgan fingerprint density at radius 1 is 1.31 bits per heavy atom. The predicted molar refractivity (Wildman–Crippen MR) is 97.2 cm³/mol. The molecule has 2 fully saturated rings. The van der Waals surface area contributed by atoms with Crippen molar-refractivity contribution in [3.05, 3.63) is 46.8 Å². The maximum absolute atomic E-state index is 13.0. The van der Waals surface area contributed by atoms with Gasteiger partial charge < -0.3 is 14.2 Å². The van der Waals surface area contributed by atoms with Crippen LogP contribution < -0.4 is 4.74 Å². The van der Waals surface area contributed by atoms with Crippen LogP contribution in [0.2, 0.25) is 0 Å². The van der Waals surface area contributed by atoms with Gasteiger partial charge in [0, 0.05) is 25.7 Å². The molecule has 3 heterocycles. The quantitative estimate of drug-likeness (QED) is 0.844. The van der Waals surface area contributed by atoms with Crippen molar-refractivity contribution in [3.8, 4) is 5.75 Å². The lowest BCUT2D eigenvalue weighted by Crippen LogP contribution is -2.52. The molecule has 2 saturated heterocycles. The molecule has 4 rings (SSSR count). The molecule has 1 amide bonds. The number of fused-ring (bicyclic) bond motifs is 1. The molecular formula is C20H25N3O3. The fourth-order valence-corrected chi connectivity index (χ4v) is 3.92. The van der Waals surface area contributed by atoms with E-state index in [-0.39, 0.29) is 12.5 Å². The normalized spacial score (nSPS) is 20.2. The van der Waals surface area contributed by atoms with Gasteiger partial charge in [0.15, 0.2) is 5.69 Å². The van der Waals surface area contributed by atoms with Crippen LogP contribution in [0.25, 0.3) is 0 Å². The number of ether oxygens (including phenoxy) is 1. The lowest BCUT2D eigenvalue weighted by molar-refractivity contribution is 0.0559. The standard InChI is InChI=1S/C20H25N3O3/c1-14-5-3-7-17(11-14)25-13-18-15(2)26-21-19(18)20(24)23-10-9-22-8-4-6-16(22)12-23/h3,5,7,11,16H,4,6,8-10,12-13H2,1-2H3. The lowest BCUT2D eigenvalue weighted by Gasteiger charge is -2.37. The van der Waals surface area contributed by atoms with Gasteiger partial charge in [0.1, 0.15) is 18.1 Å². The van der Waals surface area contributed by atoms with Gasteiger partial charge in [-0.05, 0) is 50.9 Å². The number of aryl methyl sites for hydroxylation is 2. The summed E-state index contributed by atoms with van der Waals surface area (Å²) in [6.07, 6.45) is 2.40. The van der Waals surface area contributed by atoms with Crippen molar-refractivity contribution in [1.29, 1.82) is 0 Å². The largest absolute Gasteiger partial charge is 0.489 e. The van der Waals surface area contributed by atoms with E-state index >= 15 is 0 Å². The molecule has 0 spiro atoms. The predicted octanol–water partition coefficient (Wildman–Crippen LogP) is 2.79. The maximum atomic E-state index is 13.0. The Hall–Kier alpha value is -2.34. The number of piperazine rings is 1. The highest BCUT2D eigenvalue weighted by molar-refractivity contribution is 5.94. The first-order valence-corrected chi connectivity index (χ1v) is 9.30. The summed E-state index contributed by atoms with van der Waals surface area (Å²) in [5, 5.41) is 4.05. The van der Waals surface area contributed by atoms with Crippen LogP contribution in [-0.2, 0) is 6.61 Å². The van der Waals surface area contributed by atoms with E-state index in [0.29, 0.717) is 17.5 Å². The number of hydrogen-bond donors (Lipinski definition) is 0. The summed E-state index contributed by atoms with van der Waals surface area (Å²) < 4.78 is 11.2. The fourth-order valence-electron chi connectivity index (χ4n) is 3.92. The summed E-state index contributed by atoms with van der Waals surface area (Å²) in [6, 6.07) is 8.36. The van der Waals surface area contributed by atoms with E-state index in [2.05, 4.69) is 10.1 Å². The Bertz CT molecular complexity index is 801. The number of benzene rings is 1. The molecule has 6 nitrogen and oxygen atoms in total. The van der Waals surface area contributed by atoms with Gasteiger partial charge in [0.25, 0.3) is 5.91 Å². The zero-order chi connectivity index (χ0) is 18.1. The third-order valence-corrected chi connectivity index (χ3v) is 5.43. The third kappa shape index (κ3) is 3.33. The second kappa shape index (κ2) is 7.11. The van der Waals surface area contributed by atoms with Crippen molar-refractivity contribution in [2.75, 3.05) is 26.2 Å². The monoisotopic (exact) mass is 355 g/mol. The molecular weight excluding hydrogens is 330 g/mol. The molecule has 6 heteroatoms. The van der Waals surface area contributed by atoms with E-state index in [4.69, 9.17) is 9.26 Å². The van der Waals surface area contributed by atoms with E-state index in [9.17, 15) is 4.79 Å². The first-order chi connectivity index (χ1) is 12.6. The summed E-state index contributed by atoms with van der Waals surface area (Å²) in [7, 11) is 0. The average molecular weight is 355 g/mol. The lowest BCUT2D eigenvalue weighted by atomic mass is 10.1. The van der Waals surface area contributed by atoms with Crippen LogP contribution in [0.15, 0.2) is 28.8 Å². The first kappa shape index (κ1) is 17.1. The van der Waals surface area contributed by atoms with Gasteiger partial charge in [-0.15, -0.1) is 0 Å². The number of hydrogen-bond acceptors (Lipinski definition) is 5. The van der Waals surface area contributed by atoms with E-state index in [1.807, 2.05) is 43.0 Å². The van der Waals surface area contributed by atoms with E-state index in [0.717, 1.165) is 43.1 Å². The zero-order valence-electron chi connectivity index (χ0n) is 15.4. The fraction of sp³-hybridized carbons (Fsp3) is 0.500. The topological polar surface area (TPSA) is 58.8 Å². The van der Waals surface area contributed by atoms with Crippen LogP contribution in [0.3, 0.4) is 0 Å². The molecule has 1 aromatic carbocycles. The summed E-state index contributed by atoms with van der Waals surface area (Å²) in [5.74, 6) is 1.38. The summed E-state index contributed by atoms with van der Waals surface area (Å²) in [5.41, 5.74) is 2.27. The molecule has 0 radical (unpaired) electrons. The summed E-state index contributed by atoms with van der Waals surface area (Å²) in [6.45, 7) is 7.77. The number of nitrogens with zero attached hydrogens (tertiary/aromatic N) is 3. The molecule has 138 valence electrons. The number of amides is 1. The molecule has 0 aliphatic carbocycles. The summed E-state index contributed by atoms with van der Waals surface area (Å²) >= 11 is 0. The minimum atomic E-state index is -0.0451. The molecule has 2 aliphatic rings. The minimum Gasteiger partial charge on any atom is -0.489 e. The Morgan fingerprint density at radius 2 is 2.19 bits per heavy atom. The smallest absolute Gasteiger partial charge is 0.276 e. The number of carbonyl (C=O) groups excluding carboxylic acids is 1. The second-order valence-corrected chi connectivity index (χ2v) is 7.25. The van der Waals surface area contributed by atoms with Gasteiger partial charge in [-0.25, -0.2) is 0 Å². The van der Waals surface area contributed by atoms with E-state index in [1.54, 1.807) is 0 Å². The molecule has 1 unspecified atom stereocenters. The van der Waals surface area contributed by atoms with Gasteiger partial charge in [-0.2, -0.15) is 0 Å². The van der Waals surface area contributed by atoms with Crippen LogP contribution >= 0.6 is 0 Å². The average Bonchev–Trinajstić information content (AvgIpc) is 3.25. The Balaban J connectivity index is 1.47. The minimum absolute atomic E-state index is 0.0451. The Morgan fingerprint density at radius 3 is 3.04 bits per heavy atom. The van der Waals surface area contributed by atoms with Crippen molar-refractivity contribution >= 4 is 5.91 Å². The molecule has 2 aromatic rings. The highest BCUT2D eigenvalue weighted by Gasteiger charge is 2.34. The van der Waals surface area contributed by atoms with Crippen molar-refractivity contribution in [2.24, 2.45) is 0 Å². The zero-order valence-corrected chi connectivity index (χ0v) is 15.4. The molecule has 1 aromatic heterocycles. The van der Waals surface area contributed by atoms with Crippen molar-refractivity contribution < 1.29 is 14.1 Å². The third-order valence-electron chi connectivity index (χ3n) is 5.43. The van der Waals surface area contributed by atoms with E-state index in [1.165, 1.54) is 12.8 Å². The van der Waals surface area contributed by atoms with Crippen LogP contribution in [-0.4, -0.2) is 53.1 Å². The van der Waals surface area contributed by atoms with Gasteiger partial charge in [0.2, 0.25) is 0 Å². The molecule has 0 N–H and O–H groups in total. The molecule has 0 saturated carbocycles. The van der Waals surface area contributed by atoms with Gasteiger partial charge in [0.05, 0.1) is 5.56 Å². The van der Waals surface area contributed by atoms with Gasteiger partial charge in [-0.1, -0.05) is 17.3 Å². The number of aromatic nitrogens is 1.